The van der Waals surface area contributed by atoms with Crippen LogP contribution in [0, 0.1) is 17.7 Å². The first kappa shape index (κ1) is 19.3. The second-order valence-electron chi connectivity index (χ2n) is 7.15. The Bertz CT molecular complexity index is 739. The van der Waals surface area contributed by atoms with Crippen molar-refractivity contribution in [1.29, 1.82) is 0 Å². The molecule has 2 atom stereocenters. The number of hydrogen-bond donors (Lipinski definition) is 1. The Hall–Kier alpha value is -1.51. The van der Waals surface area contributed by atoms with Crippen molar-refractivity contribution >= 4 is 15.9 Å². The highest BCUT2D eigenvalue weighted by molar-refractivity contribution is 7.89. The van der Waals surface area contributed by atoms with E-state index in [1.807, 2.05) is 11.9 Å². The van der Waals surface area contributed by atoms with Crippen LogP contribution in [-0.4, -0.2) is 63.3 Å². The monoisotopic (exact) mass is 383 g/mol. The molecule has 0 radical (unpaired) electrons. The number of benzene rings is 1. The van der Waals surface area contributed by atoms with Crippen LogP contribution in [0.5, 0.6) is 0 Å². The number of nitrogens with one attached hydrogen (secondary N) is 1. The molecule has 3 rings (SSSR count). The first-order valence-electron chi connectivity index (χ1n) is 9.11. The number of carbonyl (C=O) groups excluding carboxylic acids is 1. The van der Waals surface area contributed by atoms with Gasteiger partial charge in [-0.2, -0.15) is 4.31 Å². The fourth-order valence-corrected chi connectivity index (χ4v) is 5.39. The maximum atomic E-state index is 13.1. The first-order valence-corrected chi connectivity index (χ1v) is 10.5. The van der Waals surface area contributed by atoms with Crippen LogP contribution in [0.15, 0.2) is 29.2 Å². The van der Waals surface area contributed by atoms with Crippen molar-refractivity contribution in [3.05, 3.63) is 30.1 Å². The molecule has 2 aliphatic rings. The first-order chi connectivity index (χ1) is 12.4. The quantitative estimate of drug-likeness (QED) is 0.832. The van der Waals surface area contributed by atoms with Gasteiger partial charge in [-0.05, 0) is 63.0 Å². The highest BCUT2D eigenvalue weighted by atomic mass is 32.2. The fraction of sp³-hybridized carbons (Fsp3) is 0.611. The molecule has 0 bridgehead atoms. The zero-order valence-electron chi connectivity index (χ0n) is 15.0. The third-order valence-electron chi connectivity index (χ3n) is 5.28. The van der Waals surface area contributed by atoms with E-state index in [0.717, 1.165) is 38.2 Å². The highest BCUT2D eigenvalue weighted by Crippen LogP contribution is 2.27. The summed E-state index contributed by atoms with van der Waals surface area (Å²) in [5.74, 6) is -0.248. The minimum absolute atomic E-state index is 0.0580. The van der Waals surface area contributed by atoms with Gasteiger partial charge in [-0.1, -0.05) is 0 Å². The molecule has 6 nitrogen and oxygen atoms in total. The van der Waals surface area contributed by atoms with Crippen LogP contribution in [0.3, 0.4) is 0 Å². The molecule has 26 heavy (non-hydrogen) atoms. The van der Waals surface area contributed by atoms with Gasteiger partial charge >= 0.3 is 0 Å². The molecule has 1 aromatic carbocycles. The number of likely N-dealkylation sites (tertiary alicyclic amines) is 1. The average Bonchev–Trinajstić information content (AvgIpc) is 3.10. The van der Waals surface area contributed by atoms with Gasteiger partial charge in [0.25, 0.3) is 0 Å². The van der Waals surface area contributed by atoms with Crippen molar-refractivity contribution < 1.29 is 17.6 Å². The van der Waals surface area contributed by atoms with Crippen LogP contribution < -0.4 is 5.32 Å². The van der Waals surface area contributed by atoms with E-state index >= 15 is 0 Å². The summed E-state index contributed by atoms with van der Waals surface area (Å²) in [6, 6.07) is 4.84. The van der Waals surface area contributed by atoms with Gasteiger partial charge in [0, 0.05) is 26.2 Å². The van der Waals surface area contributed by atoms with Gasteiger partial charge in [0.1, 0.15) is 5.82 Å². The molecule has 2 aliphatic heterocycles. The average molecular weight is 383 g/mol. The summed E-state index contributed by atoms with van der Waals surface area (Å²) in [5.41, 5.74) is 0. The summed E-state index contributed by atoms with van der Waals surface area (Å²) in [7, 11) is -1.80. The summed E-state index contributed by atoms with van der Waals surface area (Å²) >= 11 is 0. The van der Waals surface area contributed by atoms with Gasteiger partial charge in [-0.15, -0.1) is 0 Å². The number of piperidine rings is 1. The lowest BCUT2D eigenvalue weighted by molar-refractivity contribution is -0.135. The van der Waals surface area contributed by atoms with Gasteiger partial charge in [0.05, 0.1) is 10.8 Å². The lowest BCUT2D eigenvalue weighted by Crippen LogP contribution is -2.46. The van der Waals surface area contributed by atoms with Crippen LogP contribution in [0.2, 0.25) is 0 Å². The lowest BCUT2D eigenvalue weighted by Gasteiger charge is -2.33. The molecule has 0 spiro atoms. The number of amides is 1. The number of rotatable bonds is 5. The zero-order valence-corrected chi connectivity index (χ0v) is 15.8. The number of halogens is 1. The van der Waals surface area contributed by atoms with Crippen LogP contribution in [0.4, 0.5) is 4.39 Å². The molecular weight excluding hydrogens is 357 g/mol. The van der Waals surface area contributed by atoms with Crippen molar-refractivity contribution in [2.24, 2.45) is 11.8 Å². The molecular formula is C18H26FN3O3S. The van der Waals surface area contributed by atoms with Gasteiger partial charge in [-0.3, -0.25) is 4.79 Å². The third-order valence-corrected chi connectivity index (χ3v) is 7.15. The minimum Gasteiger partial charge on any atom is -0.342 e. The lowest BCUT2D eigenvalue weighted by atomic mass is 9.98. The Morgan fingerprint density at radius 2 is 1.92 bits per heavy atom. The van der Waals surface area contributed by atoms with E-state index in [4.69, 9.17) is 0 Å². The van der Waals surface area contributed by atoms with Crippen molar-refractivity contribution in [3.63, 3.8) is 0 Å². The molecule has 144 valence electrons. The fourth-order valence-electron chi connectivity index (χ4n) is 3.86. The predicted molar refractivity (Wildman–Crippen MR) is 96.5 cm³/mol. The van der Waals surface area contributed by atoms with Crippen molar-refractivity contribution in [3.8, 4) is 0 Å². The Labute approximate surface area is 154 Å². The second-order valence-corrected chi connectivity index (χ2v) is 9.09. The molecule has 1 N–H and O–H groups in total. The van der Waals surface area contributed by atoms with Crippen LogP contribution in [-0.2, 0) is 14.8 Å². The standard InChI is InChI=1S/C18H26FN3O3S/c1-20-11-14-8-10-21(12-14)18(23)15-3-2-9-22(13-15)26(24,25)17-6-4-16(19)5-7-17/h4-7,14-15,20H,2-3,8-13H2,1H3. The normalized spacial score (nSPS) is 24.8. The topological polar surface area (TPSA) is 69.7 Å². The molecule has 2 fully saturated rings. The molecule has 0 aliphatic carbocycles. The summed E-state index contributed by atoms with van der Waals surface area (Å²) in [6.45, 7) is 2.96. The predicted octanol–water partition coefficient (Wildman–Crippen LogP) is 1.29. The smallest absolute Gasteiger partial charge is 0.243 e. The number of nitrogens with zero attached hydrogens (tertiary/aromatic N) is 2. The largest absolute Gasteiger partial charge is 0.342 e. The van der Waals surface area contributed by atoms with Gasteiger partial charge in [0.15, 0.2) is 0 Å². The van der Waals surface area contributed by atoms with Crippen LogP contribution in [0.25, 0.3) is 0 Å². The van der Waals surface area contributed by atoms with E-state index in [-0.39, 0.29) is 23.3 Å². The Morgan fingerprint density at radius 3 is 2.62 bits per heavy atom. The van der Waals surface area contributed by atoms with Crippen molar-refractivity contribution in [2.45, 2.75) is 24.2 Å². The van der Waals surface area contributed by atoms with Crippen molar-refractivity contribution in [2.75, 3.05) is 39.8 Å². The highest BCUT2D eigenvalue weighted by Gasteiger charge is 2.36. The van der Waals surface area contributed by atoms with E-state index in [0.29, 0.717) is 25.3 Å². The maximum Gasteiger partial charge on any atom is 0.243 e. The number of hydrogen-bond acceptors (Lipinski definition) is 4. The SMILES string of the molecule is CNCC1CCN(C(=O)C2CCCN(S(=O)(=O)c3ccc(F)cc3)C2)C1. The van der Waals surface area contributed by atoms with E-state index in [9.17, 15) is 17.6 Å². The molecule has 1 aromatic rings. The van der Waals surface area contributed by atoms with Gasteiger partial charge in [0.2, 0.25) is 15.9 Å². The summed E-state index contributed by atoms with van der Waals surface area (Å²) in [6.07, 6.45) is 2.35. The minimum atomic E-state index is -3.70. The zero-order chi connectivity index (χ0) is 18.7. The molecule has 0 aromatic heterocycles. The van der Waals surface area contributed by atoms with Gasteiger partial charge < -0.3 is 10.2 Å². The van der Waals surface area contributed by atoms with E-state index in [2.05, 4.69) is 5.32 Å². The Balaban J connectivity index is 1.67. The second kappa shape index (κ2) is 8.02. The Morgan fingerprint density at radius 1 is 1.19 bits per heavy atom. The maximum absolute atomic E-state index is 13.1. The van der Waals surface area contributed by atoms with Crippen molar-refractivity contribution in [1.82, 2.24) is 14.5 Å². The van der Waals surface area contributed by atoms with Gasteiger partial charge in [-0.25, -0.2) is 12.8 Å². The van der Waals surface area contributed by atoms with E-state index in [1.165, 1.54) is 16.4 Å². The summed E-state index contributed by atoms with van der Waals surface area (Å²) < 4.78 is 40.0. The van der Waals surface area contributed by atoms with E-state index in [1.54, 1.807) is 0 Å². The third kappa shape index (κ3) is 4.07. The Kier molecular flexibility index (Phi) is 5.94. The molecule has 8 heteroatoms. The van der Waals surface area contributed by atoms with Crippen LogP contribution in [0.1, 0.15) is 19.3 Å². The molecule has 2 unspecified atom stereocenters. The van der Waals surface area contributed by atoms with Crippen LogP contribution >= 0.6 is 0 Å². The number of sulfonamides is 1. The molecule has 2 saturated heterocycles. The number of carbonyl (C=O) groups is 1. The summed E-state index contributed by atoms with van der Waals surface area (Å²) in [5, 5.41) is 3.15. The molecule has 0 saturated carbocycles. The molecule has 1 amide bonds. The summed E-state index contributed by atoms with van der Waals surface area (Å²) in [4.78, 5) is 14.8. The van der Waals surface area contributed by atoms with E-state index < -0.39 is 15.8 Å². The molecule has 2 heterocycles.